The van der Waals surface area contributed by atoms with Gasteiger partial charge >= 0.3 is 0 Å². The largest absolute Gasteiger partial charge is 0.256 e. The van der Waals surface area contributed by atoms with E-state index in [2.05, 4.69) is 42.3 Å². The summed E-state index contributed by atoms with van der Waals surface area (Å²) in [7, 11) is 0. The average Bonchev–Trinajstić information content (AvgIpc) is 3.64. The quantitative estimate of drug-likeness (QED) is 0.0456. The molecule has 1 aromatic heterocycles. The molecule has 0 unspecified atom stereocenters. The standard InChI is InChI=1S/C58H115N2/c1-4-7-10-13-16-19-22-25-28-31-34-37-40-43-46-49-52-55-60-57-56-59(54-51-48-45-42-39-36-33-30-27-24-21-18-15-12-9-6-3)58(60)53-50-47-44-41-38-35-32-29-26-23-20-17-14-11-8-5-2/h56-57H,4-55H2,1-3H3/q+1. The van der Waals surface area contributed by atoms with E-state index in [4.69, 9.17) is 0 Å². The summed E-state index contributed by atoms with van der Waals surface area (Å²) in [4.78, 5) is 0. The molecule has 0 saturated heterocycles. The summed E-state index contributed by atoms with van der Waals surface area (Å²) >= 11 is 0. The highest BCUT2D eigenvalue weighted by molar-refractivity contribution is 4.84. The summed E-state index contributed by atoms with van der Waals surface area (Å²) in [5, 5.41) is 0. The van der Waals surface area contributed by atoms with Crippen LogP contribution in [-0.4, -0.2) is 4.57 Å². The van der Waals surface area contributed by atoms with E-state index in [-0.39, 0.29) is 0 Å². The van der Waals surface area contributed by atoms with Gasteiger partial charge < -0.3 is 0 Å². The third kappa shape index (κ3) is 40.0. The summed E-state index contributed by atoms with van der Waals surface area (Å²) in [6.07, 6.45) is 77.3. The Balaban J connectivity index is 2.24. The molecule has 0 spiro atoms. The van der Waals surface area contributed by atoms with Gasteiger partial charge in [-0.2, -0.15) is 0 Å². The van der Waals surface area contributed by atoms with E-state index in [9.17, 15) is 0 Å². The predicted octanol–water partition coefficient (Wildman–Crippen LogP) is 20.5. The summed E-state index contributed by atoms with van der Waals surface area (Å²) in [5.74, 6) is 1.64. The Kier molecular flexibility index (Phi) is 47.0. The number of rotatable bonds is 52. The maximum Gasteiger partial charge on any atom is 0.256 e. The van der Waals surface area contributed by atoms with E-state index < -0.39 is 0 Å². The highest BCUT2D eigenvalue weighted by Gasteiger charge is 2.16. The molecule has 0 radical (unpaired) electrons. The Hall–Kier alpha value is -0.790. The number of nitrogens with zero attached hydrogens (tertiary/aromatic N) is 2. The number of hydrogen-bond donors (Lipinski definition) is 0. The van der Waals surface area contributed by atoms with Crippen molar-refractivity contribution < 1.29 is 4.57 Å². The first-order valence-electron chi connectivity index (χ1n) is 28.9. The molecule has 0 aliphatic heterocycles. The third-order valence-corrected chi connectivity index (χ3v) is 14.1. The molecule has 0 saturated carbocycles. The minimum absolute atomic E-state index is 1.23. The fourth-order valence-corrected chi connectivity index (χ4v) is 9.86. The molecular weight excluding hydrogens is 725 g/mol. The molecule has 0 atom stereocenters. The minimum Gasteiger partial charge on any atom is -0.234 e. The van der Waals surface area contributed by atoms with E-state index in [1.807, 2.05) is 0 Å². The van der Waals surface area contributed by atoms with Crippen LogP contribution < -0.4 is 4.57 Å². The van der Waals surface area contributed by atoms with E-state index >= 15 is 0 Å². The van der Waals surface area contributed by atoms with Gasteiger partial charge in [-0.05, 0) is 32.1 Å². The molecule has 0 aliphatic rings. The van der Waals surface area contributed by atoms with Crippen LogP contribution in [-0.2, 0) is 19.5 Å². The molecule has 356 valence electrons. The molecule has 2 heteroatoms. The molecule has 0 aliphatic carbocycles. The summed E-state index contributed by atoms with van der Waals surface area (Å²) in [6.45, 7) is 9.42. The van der Waals surface area contributed by atoms with Crippen molar-refractivity contribution in [1.82, 2.24) is 4.57 Å². The Bertz CT molecular complexity index is 918. The van der Waals surface area contributed by atoms with Crippen LogP contribution >= 0.6 is 0 Å². The molecule has 0 bridgehead atoms. The fraction of sp³-hybridized carbons (Fsp3) is 0.948. The van der Waals surface area contributed by atoms with Crippen LogP contribution in [0.2, 0.25) is 0 Å². The van der Waals surface area contributed by atoms with Crippen molar-refractivity contribution in [3.8, 4) is 0 Å². The maximum absolute atomic E-state index is 2.67. The summed E-state index contributed by atoms with van der Waals surface area (Å²) < 4.78 is 5.34. The molecule has 1 rings (SSSR count). The summed E-state index contributed by atoms with van der Waals surface area (Å²) in [6, 6.07) is 0. The van der Waals surface area contributed by atoms with Crippen LogP contribution in [0.4, 0.5) is 0 Å². The van der Waals surface area contributed by atoms with Gasteiger partial charge in [0.15, 0.2) is 0 Å². The first kappa shape index (κ1) is 57.2. The number of aromatic nitrogens is 2. The van der Waals surface area contributed by atoms with Crippen molar-refractivity contribution in [2.75, 3.05) is 0 Å². The molecule has 0 fully saturated rings. The van der Waals surface area contributed by atoms with E-state index in [0.717, 1.165) is 0 Å². The normalized spacial score (nSPS) is 11.7. The SMILES string of the molecule is CCCCCCCCCCCCCCCCCCCn1cc[n+](CCCCCCCCCCCCCCCCCC)c1CCCCCCCCCCCCCCCCCC. The lowest BCUT2D eigenvalue weighted by molar-refractivity contribution is -0.704. The second-order valence-electron chi connectivity index (χ2n) is 20.1. The first-order valence-corrected chi connectivity index (χ1v) is 28.9. The van der Waals surface area contributed by atoms with Crippen molar-refractivity contribution >= 4 is 0 Å². The molecule has 60 heavy (non-hydrogen) atoms. The van der Waals surface area contributed by atoms with Gasteiger partial charge in [0.2, 0.25) is 0 Å². The molecular formula is C58H115N2+. The number of hydrogen-bond acceptors (Lipinski definition) is 0. The first-order chi connectivity index (χ1) is 29.8. The van der Waals surface area contributed by atoms with E-state index in [1.165, 1.54) is 334 Å². The smallest absolute Gasteiger partial charge is 0.234 e. The van der Waals surface area contributed by atoms with Gasteiger partial charge in [-0.3, -0.25) is 0 Å². The number of aryl methyl sites for hydroxylation is 2. The van der Waals surface area contributed by atoms with Gasteiger partial charge in [0.25, 0.3) is 5.82 Å². The number of imidazole rings is 1. The van der Waals surface area contributed by atoms with E-state index in [0.29, 0.717) is 0 Å². The van der Waals surface area contributed by atoms with Crippen LogP contribution in [0.15, 0.2) is 12.4 Å². The zero-order valence-electron chi connectivity index (χ0n) is 42.3. The van der Waals surface area contributed by atoms with Gasteiger partial charge in [-0.15, -0.1) is 0 Å². The van der Waals surface area contributed by atoms with Crippen molar-refractivity contribution in [2.45, 2.75) is 355 Å². The Labute approximate surface area is 380 Å². The summed E-state index contributed by atoms with van der Waals surface area (Å²) in [5.41, 5.74) is 0. The van der Waals surface area contributed by atoms with Crippen molar-refractivity contribution in [2.24, 2.45) is 0 Å². The average molecular weight is 841 g/mol. The number of unbranched alkanes of at least 4 members (excludes halogenated alkanes) is 46. The second kappa shape index (κ2) is 49.2. The third-order valence-electron chi connectivity index (χ3n) is 14.1. The molecule has 1 heterocycles. The second-order valence-corrected chi connectivity index (χ2v) is 20.1. The fourth-order valence-electron chi connectivity index (χ4n) is 9.86. The molecule has 1 aromatic rings. The Morgan fingerprint density at radius 3 is 0.800 bits per heavy atom. The lowest BCUT2D eigenvalue weighted by Crippen LogP contribution is -2.37. The zero-order chi connectivity index (χ0) is 42.9. The topological polar surface area (TPSA) is 8.81 Å². The monoisotopic (exact) mass is 840 g/mol. The Morgan fingerprint density at radius 2 is 0.517 bits per heavy atom. The van der Waals surface area contributed by atoms with Gasteiger partial charge in [-0.25, -0.2) is 9.13 Å². The van der Waals surface area contributed by atoms with Crippen LogP contribution in [0.1, 0.15) is 341 Å². The minimum atomic E-state index is 1.23. The van der Waals surface area contributed by atoms with Gasteiger partial charge in [0.05, 0.1) is 13.1 Å². The van der Waals surface area contributed by atoms with Crippen molar-refractivity contribution in [1.29, 1.82) is 0 Å². The Morgan fingerprint density at radius 1 is 0.283 bits per heavy atom. The van der Waals surface area contributed by atoms with Gasteiger partial charge in [0, 0.05) is 6.42 Å². The zero-order valence-corrected chi connectivity index (χ0v) is 42.3. The van der Waals surface area contributed by atoms with Crippen LogP contribution in [0, 0.1) is 0 Å². The van der Waals surface area contributed by atoms with Crippen molar-refractivity contribution in [3.05, 3.63) is 18.2 Å². The van der Waals surface area contributed by atoms with E-state index in [1.54, 1.807) is 5.82 Å². The molecule has 0 amide bonds. The van der Waals surface area contributed by atoms with Crippen LogP contribution in [0.25, 0.3) is 0 Å². The highest BCUT2D eigenvalue weighted by atomic mass is 15.1. The highest BCUT2D eigenvalue weighted by Crippen LogP contribution is 2.18. The lowest BCUT2D eigenvalue weighted by atomic mass is 10.0. The predicted molar refractivity (Wildman–Crippen MR) is 272 cm³/mol. The van der Waals surface area contributed by atoms with Crippen LogP contribution in [0.5, 0.6) is 0 Å². The molecule has 0 aromatic carbocycles. The van der Waals surface area contributed by atoms with Gasteiger partial charge in [0.1, 0.15) is 12.4 Å². The maximum atomic E-state index is 2.67. The molecule has 2 nitrogen and oxygen atoms in total. The van der Waals surface area contributed by atoms with Gasteiger partial charge in [-0.1, -0.05) is 303 Å². The van der Waals surface area contributed by atoms with Crippen molar-refractivity contribution in [3.63, 3.8) is 0 Å². The lowest BCUT2D eigenvalue weighted by Gasteiger charge is -2.07. The van der Waals surface area contributed by atoms with Crippen LogP contribution in [0.3, 0.4) is 0 Å². The molecule has 0 N–H and O–H groups in total.